The third kappa shape index (κ3) is 2.39. The number of carbonyl (C=O) groups excluding carboxylic acids is 1. The molecule has 4 heteroatoms. The van der Waals surface area contributed by atoms with Gasteiger partial charge in [0, 0.05) is 6.54 Å². The quantitative estimate of drug-likeness (QED) is 0.837. The number of likely N-dealkylation sites (tertiary alicyclic amines) is 1. The lowest BCUT2D eigenvalue weighted by Crippen LogP contribution is -2.39. The molecule has 3 nitrogen and oxygen atoms in total. The molecule has 0 aromatic heterocycles. The summed E-state index contributed by atoms with van der Waals surface area (Å²) in [5.41, 5.74) is 6.33. The van der Waals surface area contributed by atoms with Crippen LogP contribution in [0.15, 0.2) is 24.3 Å². The standard InChI is InChI=1S/C12H15FN2O/c13-10-5-3-9(4-6-10)8-15-7-1-2-11(15)12(14)16/h3-6,11H,1-2,7-8H2,(H2,14,16). The summed E-state index contributed by atoms with van der Waals surface area (Å²) in [4.78, 5) is 13.2. The van der Waals surface area contributed by atoms with Crippen molar-refractivity contribution in [2.24, 2.45) is 5.73 Å². The number of amides is 1. The first-order valence-electron chi connectivity index (χ1n) is 5.44. The van der Waals surface area contributed by atoms with Crippen molar-refractivity contribution in [3.05, 3.63) is 35.6 Å². The summed E-state index contributed by atoms with van der Waals surface area (Å²) in [6, 6.07) is 6.19. The predicted molar refractivity (Wildman–Crippen MR) is 59.0 cm³/mol. The van der Waals surface area contributed by atoms with E-state index in [2.05, 4.69) is 4.90 Å². The fraction of sp³-hybridized carbons (Fsp3) is 0.417. The Morgan fingerprint density at radius 1 is 1.44 bits per heavy atom. The fourth-order valence-corrected chi connectivity index (χ4v) is 2.16. The minimum atomic E-state index is -0.264. The Balaban J connectivity index is 2.03. The lowest BCUT2D eigenvalue weighted by Gasteiger charge is -2.21. The van der Waals surface area contributed by atoms with Crippen LogP contribution in [-0.2, 0) is 11.3 Å². The van der Waals surface area contributed by atoms with Gasteiger partial charge in [0.15, 0.2) is 0 Å². The third-order valence-corrected chi connectivity index (χ3v) is 2.99. The summed E-state index contributed by atoms with van der Waals surface area (Å²) in [5, 5.41) is 0. The monoisotopic (exact) mass is 222 g/mol. The van der Waals surface area contributed by atoms with Crippen molar-refractivity contribution < 1.29 is 9.18 Å². The van der Waals surface area contributed by atoms with Crippen molar-refractivity contribution >= 4 is 5.91 Å². The highest BCUT2D eigenvalue weighted by molar-refractivity contribution is 5.80. The number of nitrogens with zero attached hydrogens (tertiary/aromatic N) is 1. The highest BCUT2D eigenvalue weighted by atomic mass is 19.1. The van der Waals surface area contributed by atoms with Crippen LogP contribution in [0.25, 0.3) is 0 Å². The summed E-state index contributed by atoms with van der Waals surface area (Å²) in [6.45, 7) is 1.54. The fourth-order valence-electron chi connectivity index (χ4n) is 2.16. The van der Waals surface area contributed by atoms with Crippen LogP contribution in [0.4, 0.5) is 4.39 Å². The summed E-state index contributed by atoms with van der Waals surface area (Å²) in [5.74, 6) is -0.503. The van der Waals surface area contributed by atoms with Gasteiger partial charge in [-0.1, -0.05) is 12.1 Å². The lowest BCUT2D eigenvalue weighted by molar-refractivity contribution is -0.122. The third-order valence-electron chi connectivity index (χ3n) is 2.99. The number of rotatable bonds is 3. The van der Waals surface area contributed by atoms with E-state index in [4.69, 9.17) is 5.73 Å². The van der Waals surface area contributed by atoms with E-state index >= 15 is 0 Å². The van der Waals surface area contributed by atoms with E-state index in [0.717, 1.165) is 24.9 Å². The van der Waals surface area contributed by atoms with Crippen LogP contribution in [0.3, 0.4) is 0 Å². The minimum absolute atomic E-state index is 0.162. The first-order valence-corrected chi connectivity index (χ1v) is 5.44. The molecule has 1 aliphatic heterocycles. The average Bonchev–Trinajstić information content (AvgIpc) is 2.69. The largest absolute Gasteiger partial charge is 0.368 e. The van der Waals surface area contributed by atoms with Crippen LogP contribution in [0.5, 0.6) is 0 Å². The molecule has 1 atom stereocenters. The van der Waals surface area contributed by atoms with E-state index in [-0.39, 0.29) is 17.8 Å². The molecule has 2 rings (SSSR count). The van der Waals surface area contributed by atoms with Gasteiger partial charge in [-0.25, -0.2) is 4.39 Å². The molecule has 1 fully saturated rings. The van der Waals surface area contributed by atoms with Crippen molar-refractivity contribution in [1.29, 1.82) is 0 Å². The van der Waals surface area contributed by atoms with Gasteiger partial charge in [-0.05, 0) is 37.1 Å². The van der Waals surface area contributed by atoms with Gasteiger partial charge >= 0.3 is 0 Å². The molecule has 0 spiro atoms. The molecule has 1 heterocycles. The van der Waals surface area contributed by atoms with Gasteiger partial charge in [0.1, 0.15) is 5.82 Å². The SMILES string of the molecule is NC(=O)C1CCCN1Cc1ccc(F)cc1. The Labute approximate surface area is 94.0 Å². The second-order valence-electron chi connectivity index (χ2n) is 4.16. The number of nitrogens with two attached hydrogens (primary N) is 1. The van der Waals surface area contributed by atoms with Crippen molar-refractivity contribution in [3.8, 4) is 0 Å². The van der Waals surface area contributed by atoms with E-state index in [0.29, 0.717) is 6.54 Å². The van der Waals surface area contributed by atoms with Gasteiger partial charge in [0.25, 0.3) is 0 Å². The first-order chi connectivity index (χ1) is 7.66. The molecule has 1 saturated heterocycles. The van der Waals surface area contributed by atoms with Crippen molar-refractivity contribution in [2.75, 3.05) is 6.54 Å². The second kappa shape index (κ2) is 4.61. The second-order valence-corrected chi connectivity index (χ2v) is 4.16. The molecule has 1 aliphatic rings. The number of hydrogen-bond acceptors (Lipinski definition) is 2. The molecule has 0 aliphatic carbocycles. The molecule has 1 unspecified atom stereocenters. The Hall–Kier alpha value is -1.42. The summed E-state index contributed by atoms with van der Waals surface area (Å²) in [6.07, 6.45) is 1.82. The Kier molecular flexibility index (Phi) is 3.19. The summed E-state index contributed by atoms with van der Waals surface area (Å²) < 4.78 is 12.7. The van der Waals surface area contributed by atoms with E-state index < -0.39 is 0 Å². The van der Waals surface area contributed by atoms with Crippen molar-refractivity contribution in [3.63, 3.8) is 0 Å². The Morgan fingerprint density at radius 2 is 2.12 bits per heavy atom. The zero-order valence-corrected chi connectivity index (χ0v) is 9.03. The molecular weight excluding hydrogens is 207 g/mol. The van der Waals surface area contributed by atoms with Crippen molar-refractivity contribution in [1.82, 2.24) is 4.90 Å². The van der Waals surface area contributed by atoms with E-state index in [9.17, 15) is 9.18 Å². The molecule has 1 aromatic rings. The Bertz CT molecular complexity index is 377. The number of benzene rings is 1. The topological polar surface area (TPSA) is 46.3 Å². The molecule has 0 bridgehead atoms. The molecule has 0 saturated carbocycles. The maximum atomic E-state index is 12.7. The zero-order chi connectivity index (χ0) is 11.5. The average molecular weight is 222 g/mol. The minimum Gasteiger partial charge on any atom is -0.368 e. The van der Waals surface area contributed by atoms with E-state index in [1.54, 1.807) is 12.1 Å². The molecule has 16 heavy (non-hydrogen) atoms. The molecule has 86 valence electrons. The Morgan fingerprint density at radius 3 is 2.75 bits per heavy atom. The van der Waals surface area contributed by atoms with Gasteiger partial charge < -0.3 is 5.73 Å². The van der Waals surface area contributed by atoms with Gasteiger partial charge in [0.2, 0.25) is 5.91 Å². The van der Waals surface area contributed by atoms with Crippen LogP contribution in [0.2, 0.25) is 0 Å². The lowest BCUT2D eigenvalue weighted by atomic mass is 10.1. The molecule has 0 radical (unpaired) electrons. The number of hydrogen-bond donors (Lipinski definition) is 1. The number of carbonyl (C=O) groups is 1. The van der Waals surface area contributed by atoms with Gasteiger partial charge in [-0.15, -0.1) is 0 Å². The highest BCUT2D eigenvalue weighted by Gasteiger charge is 2.28. The maximum Gasteiger partial charge on any atom is 0.234 e. The first kappa shape index (κ1) is 11.1. The normalized spacial score (nSPS) is 21.2. The maximum absolute atomic E-state index is 12.7. The van der Waals surface area contributed by atoms with Crippen LogP contribution in [0.1, 0.15) is 18.4 Å². The predicted octanol–water partition coefficient (Wildman–Crippen LogP) is 1.28. The van der Waals surface area contributed by atoms with Crippen LogP contribution in [0, 0.1) is 5.82 Å². The molecule has 1 amide bonds. The van der Waals surface area contributed by atoms with Crippen LogP contribution in [-0.4, -0.2) is 23.4 Å². The number of halogens is 1. The summed E-state index contributed by atoms with van der Waals surface area (Å²) >= 11 is 0. The smallest absolute Gasteiger partial charge is 0.234 e. The van der Waals surface area contributed by atoms with Crippen LogP contribution >= 0.6 is 0 Å². The van der Waals surface area contributed by atoms with Gasteiger partial charge in [-0.3, -0.25) is 9.69 Å². The zero-order valence-electron chi connectivity index (χ0n) is 9.03. The van der Waals surface area contributed by atoms with Crippen molar-refractivity contribution in [2.45, 2.75) is 25.4 Å². The van der Waals surface area contributed by atoms with Crippen LogP contribution < -0.4 is 5.73 Å². The highest BCUT2D eigenvalue weighted by Crippen LogP contribution is 2.19. The summed E-state index contributed by atoms with van der Waals surface area (Å²) in [7, 11) is 0. The molecule has 1 aromatic carbocycles. The molecule has 2 N–H and O–H groups in total. The van der Waals surface area contributed by atoms with E-state index in [1.807, 2.05) is 0 Å². The van der Waals surface area contributed by atoms with E-state index in [1.165, 1.54) is 12.1 Å². The number of primary amides is 1. The molecular formula is C12H15FN2O. The van der Waals surface area contributed by atoms with Gasteiger partial charge in [0.05, 0.1) is 6.04 Å². The van der Waals surface area contributed by atoms with Gasteiger partial charge in [-0.2, -0.15) is 0 Å².